The van der Waals surface area contributed by atoms with Gasteiger partial charge in [-0.3, -0.25) is 14.4 Å². The minimum atomic E-state index is -0.797. The molecule has 0 aliphatic carbocycles. The molecule has 0 radical (unpaired) electrons. The molecular formula is C60H100O6. The Hall–Kier alpha value is -3.67. The maximum atomic E-state index is 12.8. The highest BCUT2D eigenvalue weighted by molar-refractivity contribution is 5.71. The average Bonchev–Trinajstić information content (AvgIpc) is 3.31. The van der Waals surface area contributed by atoms with Crippen LogP contribution in [0.2, 0.25) is 0 Å². The number of unbranched alkanes of at least 4 members (excludes halogenated alkanes) is 26. The molecule has 66 heavy (non-hydrogen) atoms. The molecule has 0 fully saturated rings. The van der Waals surface area contributed by atoms with Gasteiger partial charge in [-0.15, -0.1) is 0 Å². The van der Waals surface area contributed by atoms with Crippen molar-refractivity contribution in [3.8, 4) is 0 Å². The Bertz CT molecular complexity index is 1330. The van der Waals surface area contributed by atoms with Crippen molar-refractivity contribution in [2.45, 2.75) is 252 Å². The smallest absolute Gasteiger partial charge is 0.306 e. The SMILES string of the molecule is CC\C=C/C=C\C=C/CCCCCCCCCC(=O)OCC(COC(=O)CCCCCCC/C=C\C=C/CCCCCCCCC)OC(=O)CCCCCCCCC\C=C/C=C\C=C/CC. The summed E-state index contributed by atoms with van der Waals surface area (Å²) in [7, 11) is 0. The van der Waals surface area contributed by atoms with Gasteiger partial charge in [0.05, 0.1) is 0 Å². The van der Waals surface area contributed by atoms with Crippen molar-refractivity contribution in [2.75, 3.05) is 13.2 Å². The van der Waals surface area contributed by atoms with Gasteiger partial charge in [0.25, 0.3) is 0 Å². The lowest BCUT2D eigenvalue weighted by atomic mass is 10.1. The molecule has 0 aromatic carbocycles. The fourth-order valence-corrected chi connectivity index (χ4v) is 7.37. The normalized spacial score (nSPS) is 12.8. The molecular weight excluding hydrogens is 817 g/mol. The van der Waals surface area contributed by atoms with Crippen LogP contribution in [-0.2, 0) is 28.6 Å². The van der Waals surface area contributed by atoms with Crippen LogP contribution in [0.1, 0.15) is 245 Å². The van der Waals surface area contributed by atoms with E-state index in [0.29, 0.717) is 19.3 Å². The van der Waals surface area contributed by atoms with Crippen molar-refractivity contribution in [2.24, 2.45) is 0 Å². The van der Waals surface area contributed by atoms with Gasteiger partial charge in [0.2, 0.25) is 0 Å². The third kappa shape index (κ3) is 51.3. The van der Waals surface area contributed by atoms with Crippen LogP contribution in [0.3, 0.4) is 0 Å². The largest absolute Gasteiger partial charge is 0.462 e. The van der Waals surface area contributed by atoms with Crippen LogP contribution < -0.4 is 0 Å². The van der Waals surface area contributed by atoms with Gasteiger partial charge in [-0.25, -0.2) is 0 Å². The van der Waals surface area contributed by atoms with Crippen molar-refractivity contribution in [3.63, 3.8) is 0 Å². The molecule has 376 valence electrons. The number of rotatable bonds is 48. The van der Waals surface area contributed by atoms with Crippen LogP contribution in [0.5, 0.6) is 0 Å². The third-order valence-electron chi connectivity index (χ3n) is 11.5. The lowest BCUT2D eigenvalue weighted by molar-refractivity contribution is -0.167. The highest BCUT2D eigenvalue weighted by Gasteiger charge is 2.19. The van der Waals surface area contributed by atoms with Gasteiger partial charge in [-0.1, -0.05) is 240 Å². The van der Waals surface area contributed by atoms with Crippen molar-refractivity contribution in [3.05, 3.63) is 97.2 Å². The predicted octanol–water partition coefficient (Wildman–Crippen LogP) is 18.1. The first-order valence-corrected chi connectivity index (χ1v) is 27.3. The van der Waals surface area contributed by atoms with E-state index in [-0.39, 0.29) is 31.1 Å². The molecule has 0 aromatic heterocycles. The van der Waals surface area contributed by atoms with Crippen molar-refractivity contribution in [1.29, 1.82) is 0 Å². The molecule has 0 aliphatic rings. The van der Waals surface area contributed by atoms with Crippen LogP contribution in [0.15, 0.2) is 97.2 Å². The van der Waals surface area contributed by atoms with Crippen LogP contribution in [-0.4, -0.2) is 37.2 Å². The Morgan fingerprint density at radius 1 is 0.318 bits per heavy atom. The van der Waals surface area contributed by atoms with E-state index in [9.17, 15) is 14.4 Å². The maximum Gasteiger partial charge on any atom is 0.306 e. The second-order valence-electron chi connectivity index (χ2n) is 17.9. The van der Waals surface area contributed by atoms with E-state index in [4.69, 9.17) is 14.2 Å². The monoisotopic (exact) mass is 917 g/mol. The first kappa shape index (κ1) is 62.3. The summed E-state index contributed by atoms with van der Waals surface area (Å²) in [6, 6.07) is 0. The van der Waals surface area contributed by atoms with E-state index in [1.807, 2.05) is 0 Å². The predicted molar refractivity (Wildman–Crippen MR) is 284 cm³/mol. The Balaban J connectivity index is 4.45. The van der Waals surface area contributed by atoms with Crippen molar-refractivity contribution < 1.29 is 28.6 Å². The summed E-state index contributed by atoms with van der Waals surface area (Å²) in [6.07, 6.45) is 71.0. The van der Waals surface area contributed by atoms with Gasteiger partial charge in [-0.2, -0.15) is 0 Å². The standard InChI is InChI=1S/C60H100O6/c1-4-7-10-13-16-19-22-25-28-29-30-33-35-38-41-44-47-50-53-59(62)65-56-57(66-60(63)54-51-48-45-42-39-36-32-27-24-21-18-15-12-9-6-3)55-64-58(61)52-49-46-43-40-37-34-31-26-23-20-17-14-11-8-5-2/h8-9,11-12,14-15,17-18,20-21,23-24,28-30,33,57H,4-7,10,13,16,19,22,25-27,31-32,34-56H2,1-3H3/b11-8-,12-9-,17-14-,18-15-,23-20-,24-21-,29-28-,33-30-. The van der Waals surface area contributed by atoms with Gasteiger partial charge in [0.15, 0.2) is 6.10 Å². The zero-order valence-electron chi connectivity index (χ0n) is 42.9. The zero-order chi connectivity index (χ0) is 47.9. The van der Waals surface area contributed by atoms with Gasteiger partial charge < -0.3 is 14.2 Å². The van der Waals surface area contributed by atoms with Gasteiger partial charge in [0, 0.05) is 19.3 Å². The molecule has 0 rings (SSSR count). The quantitative estimate of drug-likeness (QED) is 0.0262. The first-order chi connectivity index (χ1) is 32.5. The van der Waals surface area contributed by atoms with Crippen molar-refractivity contribution >= 4 is 17.9 Å². The van der Waals surface area contributed by atoms with Crippen molar-refractivity contribution in [1.82, 2.24) is 0 Å². The molecule has 0 aliphatic heterocycles. The van der Waals surface area contributed by atoms with E-state index in [2.05, 4.69) is 118 Å². The molecule has 0 heterocycles. The third-order valence-corrected chi connectivity index (χ3v) is 11.5. The Labute approximate surface area is 407 Å². The summed E-state index contributed by atoms with van der Waals surface area (Å²) in [5.41, 5.74) is 0. The average molecular weight is 917 g/mol. The molecule has 6 nitrogen and oxygen atoms in total. The number of allylic oxidation sites excluding steroid dienone is 16. The molecule has 0 N–H and O–H groups in total. The van der Waals surface area contributed by atoms with Crippen LogP contribution in [0.4, 0.5) is 0 Å². The molecule has 1 atom stereocenters. The molecule has 0 bridgehead atoms. The second-order valence-corrected chi connectivity index (χ2v) is 17.9. The molecule has 1 unspecified atom stereocenters. The fourth-order valence-electron chi connectivity index (χ4n) is 7.37. The summed E-state index contributed by atoms with van der Waals surface area (Å²) in [5, 5.41) is 0. The van der Waals surface area contributed by atoms with Crippen LogP contribution in [0.25, 0.3) is 0 Å². The maximum absolute atomic E-state index is 12.8. The number of hydrogen-bond donors (Lipinski definition) is 0. The van der Waals surface area contributed by atoms with E-state index >= 15 is 0 Å². The van der Waals surface area contributed by atoms with E-state index in [1.165, 1.54) is 96.3 Å². The molecule has 6 heteroatoms. The molecule has 0 spiro atoms. The molecule has 0 amide bonds. The van der Waals surface area contributed by atoms with E-state index < -0.39 is 6.10 Å². The number of esters is 3. The Morgan fingerprint density at radius 3 is 0.924 bits per heavy atom. The molecule has 0 aromatic rings. The summed E-state index contributed by atoms with van der Waals surface area (Å²) in [6.45, 7) is 6.34. The number of carbonyl (C=O) groups excluding carboxylic acids is 3. The summed E-state index contributed by atoms with van der Waals surface area (Å²) < 4.78 is 16.8. The summed E-state index contributed by atoms with van der Waals surface area (Å²) in [5.74, 6) is -0.933. The summed E-state index contributed by atoms with van der Waals surface area (Å²) in [4.78, 5) is 38.1. The minimum Gasteiger partial charge on any atom is -0.462 e. The number of hydrogen-bond acceptors (Lipinski definition) is 6. The highest BCUT2D eigenvalue weighted by Crippen LogP contribution is 2.14. The van der Waals surface area contributed by atoms with E-state index in [1.54, 1.807) is 0 Å². The molecule has 0 saturated carbocycles. The minimum absolute atomic E-state index is 0.0949. The van der Waals surface area contributed by atoms with Crippen LogP contribution in [0, 0.1) is 0 Å². The topological polar surface area (TPSA) is 78.9 Å². The first-order valence-electron chi connectivity index (χ1n) is 27.3. The Kier molecular flexibility index (Phi) is 50.9. The second kappa shape index (κ2) is 53.9. The van der Waals surface area contributed by atoms with Crippen LogP contribution >= 0.6 is 0 Å². The number of ether oxygens (including phenoxy) is 3. The highest BCUT2D eigenvalue weighted by atomic mass is 16.6. The van der Waals surface area contributed by atoms with Gasteiger partial charge >= 0.3 is 17.9 Å². The fraction of sp³-hybridized carbons (Fsp3) is 0.683. The summed E-state index contributed by atoms with van der Waals surface area (Å²) >= 11 is 0. The van der Waals surface area contributed by atoms with Gasteiger partial charge in [-0.05, 0) is 83.5 Å². The zero-order valence-corrected chi connectivity index (χ0v) is 42.9. The lowest BCUT2D eigenvalue weighted by Gasteiger charge is -2.18. The van der Waals surface area contributed by atoms with Gasteiger partial charge in [0.1, 0.15) is 13.2 Å². The lowest BCUT2D eigenvalue weighted by Crippen LogP contribution is -2.30. The molecule has 0 saturated heterocycles. The number of carbonyl (C=O) groups is 3. The Morgan fingerprint density at radius 2 is 0.591 bits per heavy atom. The van der Waals surface area contributed by atoms with E-state index in [0.717, 1.165) is 109 Å².